The smallest absolute Gasteiger partial charge is 0.313 e. The number of hydrogen-bond donors (Lipinski definition) is 2. The molecule has 1 fully saturated rings. The lowest BCUT2D eigenvalue weighted by molar-refractivity contribution is -0.142. The normalized spacial score (nSPS) is 17.4. The molecule has 36 heavy (non-hydrogen) atoms. The van der Waals surface area contributed by atoms with Gasteiger partial charge in [0.05, 0.1) is 22.0 Å². The van der Waals surface area contributed by atoms with E-state index in [4.69, 9.17) is 0 Å². The van der Waals surface area contributed by atoms with Gasteiger partial charge in [-0.2, -0.15) is 4.31 Å². The summed E-state index contributed by atoms with van der Waals surface area (Å²) in [7, 11) is -3.99. The van der Waals surface area contributed by atoms with Gasteiger partial charge in [0.2, 0.25) is 15.9 Å². The number of aromatic nitrogens is 1. The van der Waals surface area contributed by atoms with Crippen LogP contribution in [-0.2, 0) is 25.0 Å². The molecule has 188 valence electrons. The second kappa shape index (κ2) is 10.4. The number of benzene rings is 2. The van der Waals surface area contributed by atoms with Crippen molar-refractivity contribution >= 4 is 33.7 Å². The average molecular weight is 526 g/mol. The molecule has 0 saturated carbocycles. The number of rotatable bonds is 8. The van der Waals surface area contributed by atoms with E-state index in [1.165, 1.54) is 40.3 Å². The number of pyridine rings is 1. The van der Waals surface area contributed by atoms with Crippen molar-refractivity contribution in [1.82, 2.24) is 14.6 Å². The van der Waals surface area contributed by atoms with Gasteiger partial charge in [-0.1, -0.05) is 48.5 Å². The number of nitrogens with zero attached hydrogens (tertiary/aromatic N) is 2. The summed E-state index contributed by atoms with van der Waals surface area (Å²) in [5.74, 6) is -0.961. The molecule has 1 aliphatic rings. The SMILES string of the molecule is CC(C)(C(=O)O)c1ccc(S(=O)(=O)N2CCSC2C(=O)NC(c2ccccc2)c2ccccn2)cc1. The third-order valence-corrected chi connectivity index (χ3v) is 9.41. The van der Waals surface area contributed by atoms with Crippen LogP contribution in [0, 0.1) is 0 Å². The second-order valence-electron chi connectivity index (χ2n) is 8.90. The first-order valence-electron chi connectivity index (χ1n) is 11.4. The summed E-state index contributed by atoms with van der Waals surface area (Å²) in [6.45, 7) is 3.30. The molecule has 2 unspecified atom stereocenters. The van der Waals surface area contributed by atoms with Gasteiger partial charge in [-0.15, -0.1) is 11.8 Å². The summed E-state index contributed by atoms with van der Waals surface area (Å²) in [5, 5.41) is 11.5. The van der Waals surface area contributed by atoms with Crippen LogP contribution in [0.4, 0.5) is 0 Å². The molecule has 4 rings (SSSR count). The minimum Gasteiger partial charge on any atom is -0.481 e. The van der Waals surface area contributed by atoms with Crippen LogP contribution in [0.2, 0.25) is 0 Å². The quantitative estimate of drug-likeness (QED) is 0.463. The Kier molecular flexibility index (Phi) is 7.49. The van der Waals surface area contributed by atoms with Gasteiger partial charge in [0.15, 0.2) is 0 Å². The Hall–Kier alpha value is -3.21. The zero-order chi connectivity index (χ0) is 25.9. The zero-order valence-corrected chi connectivity index (χ0v) is 21.5. The number of amides is 1. The molecule has 10 heteroatoms. The van der Waals surface area contributed by atoms with Crippen molar-refractivity contribution < 1.29 is 23.1 Å². The van der Waals surface area contributed by atoms with Gasteiger partial charge in [-0.25, -0.2) is 8.42 Å². The summed E-state index contributed by atoms with van der Waals surface area (Å²) >= 11 is 1.26. The maximum absolute atomic E-state index is 13.5. The summed E-state index contributed by atoms with van der Waals surface area (Å²) in [4.78, 5) is 29.4. The molecule has 1 aliphatic heterocycles. The number of carboxylic acids is 1. The van der Waals surface area contributed by atoms with Crippen LogP contribution in [0.15, 0.2) is 83.9 Å². The van der Waals surface area contributed by atoms with Gasteiger partial charge in [-0.3, -0.25) is 14.6 Å². The molecule has 0 bridgehead atoms. The van der Waals surface area contributed by atoms with Crippen LogP contribution >= 0.6 is 11.8 Å². The van der Waals surface area contributed by atoms with Crippen LogP contribution in [0.3, 0.4) is 0 Å². The third kappa shape index (κ3) is 5.16. The standard InChI is InChI=1S/C26H27N3O5S2/c1-26(2,25(31)32)19-11-13-20(14-12-19)36(33,34)29-16-17-35-24(29)23(30)28-22(18-8-4-3-5-9-18)21-10-6-7-15-27-21/h3-15,22,24H,16-17H2,1-2H3,(H,28,30)(H,31,32). The lowest BCUT2D eigenvalue weighted by Gasteiger charge is -2.26. The molecule has 0 aliphatic carbocycles. The number of carbonyl (C=O) groups is 2. The number of thioether (sulfide) groups is 1. The van der Waals surface area contributed by atoms with Gasteiger partial charge in [0.25, 0.3) is 0 Å². The highest BCUT2D eigenvalue weighted by Crippen LogP contribution is 2.32. The lowest BCUT2D eigenvalue weighted by Crippen LogP contribution is -2.46. The van der Waals surface area contributed by atoms with Crippen LogP contribution in [0.5, 0.6) is 0 Å². The molecule has 2 heterocycles. The largest absolute Gasteiger partial charge is 0.481 e. The Labute approximate surface area is 214 Å². The molecule has 0 spiro atoms. The van der Waals surface area contributed by atoms with Gasteiger partial charge in [0, 0.05) is 18.5 Å². The predicted octanol–water partition coefficient (Wildman–Crippen LogP) is 3.41. The van der Waals surface area contributed by atoms with Crippen molar-refractivity contribution in [1.29, 1.82) is 0 Å². The fraction of sp³-hybridized carbons (Fsp3) is 0.269. The molecule has 2 N–H and O–H groups in total. The molecule has 2 atom stereocenters. The minimum atomic E-state index is -3.99. The van der Waals surface area contributed by atoms with E-state index in [-0.39, 0.29) is 11.4 Å². The third-order valence-electron chi connectivity index (χ3n) is 6.19. The van der Waals surface area contributed by atoms with Gasteiger partial charge in [-0.05, 0) is 49.2 Å². The van der Waals surface area contributed by atoms with E-state index in [0.717, 1.165) is 5.56 Å². The summed E-state index contributed by atoms with van der Waals surface area (Å²) in [5.41, 5.74) is 0.802. The Morgan fingerprint density at radius 2 is 1.72 bits per heavy atom. The van der Waals surface area contributed by atoms with Crippen molar-refractivity contribution in [2.24, 2.45) is 0 Å². The first kappa shape index (κ1) is 25.9. The Balaban J connectivity index is 1.58. The molecule has 0 radical (unpaired) electrons. The average Bonchev–Trinajstić information content (AvgIpc) is 3.39. The Bertz CT molecular complexity index is 1290. The van der Waals surface area contributed by atoms with E-state index < -0.39 is 38.7 Å². The van der Waals surface area contributed by atoms with E-state index in [0.29, 0.717) is 17.0 Å². The molecular weight excluding hydrogens is 498 g/mol. The molecule has 1 saturated heterocycles. The molecule has 1 aromatic heterocycles. The van der Waals surface area contributed by atoms with Gasteiger partial charge in [0.1, 0.15) is 5.37 Å². The van der Waals surface area contributed by atoms with E-state index in [1.54, 1.807) is 26.1 Å². The fourth-order valence-corrected chi connectivity index (χ4v) is 7.03. The number of sulfonamides is 1. The van der Waals surface area contributed by atoms with Crippen molar-refractivity contribution in [2.75, 3.05) is 12.3 Å². The molecule has 2 aromatic carbocycles. The van der Waals surface area contributed by atoms with E-state index in [2.05, 4.69) is 10.3 Å². The highest BCUT2D eigenvalue weighted by atomic mass is 32.2. The highest BCUT2D eigenvalue weighted by molar-refractivity contribution is 8.02. The zero-order valence-electron chi connectivity index (χ0n) is 19.9. The van der Waals surface area contributed by atoms with Crippen molar-refractivity contribution in [2.45, 2.75) is 35.6 Å². The van der Waals surface area contributed by atoms with Gasteiger partial charge >= 0.3 is 5.97 Å². The Morgan fingerprint density at radius 3 is 2.33 bits per heavy atom. The lowest BCUT2D eigenvalue weighted by atomic mass is 9.85. The number of carboxylic acid groups (broad SMARTS) is 1. The summed E-state index contributed by atoms with van der Waals surface area (Å²) < 4.78 is 28.1. The number of carbonyl (C=O) groups excluding carboxylic acids is 1. The molecular formula is C26H27N3O5S2. The number of hydrogen-bond acceptors (Lipinski definition) is 6. The first-order chi connectivity index (χ1) is 17.1. The monoisotopic (exact) mass is 525 g/mol. The van der Waals surface area contributed by atoms with Crippen LogP contribution < -0.4 is 5.32 Å². The maximum Gasteiger partial charge on any atom is 0.313 e. The highest BCUT2D eigenvalue weighted by Gasteiger charge is 2.41. The molecule has 3 aromatic rings. The first-order valence-corrected chi connectivity index (χ1v) is 13.8. The number of aliphatic carboxylic acids is 1. The topological polar surface area (TPSA) is 117 Å². The van der Waals surface area contributed by atoms with E-state index in [1.807, 2.05) is 42.5 Å². The molecule has 8 nitrogen and oxygen atoms in total. The fourth-order valence-electron chi connectivity index (χ4n) is 3.94. The summed E-state index contributed by atoms with van der Waals surface area (Å²) in [6.07, 6.45) is 1.65. The maximum atomic E-state index is 13.5. The summed E-state index contributed by atoms with van der Waals surface area (Å²) in [6, 6.07) is 20.1. The van der Waals surface area contributed by atoms with Crippen LogP contribution in [0.25, 0.3) is 0 Å². The minimum absolute atomic E-state index is 0.0112. The van der Waals surface area contributed by atoms with Crippen molar-refractivity contribution in [3.63, 3.8) is 0 Å². The van der Waals surface area contributed by atoms with Gasteiger partial charge < -0.3 is 10.4 Å². The second-order valence-corrected chi connectivity index (χ2v) is 12.0. The van der Waals surface area contributed by atoms with Crippen LogP contribution in [0.1, 0.15) is 36.7 Å². The van der Waals surface area contributed by atoms with E-state index >= 15 is 0 Å². The number of nitrogens with one attached hydrogen (secondary N) is 1. The molecule has 1 amide bonds. The van der Waals surface area contributed by atoms with Crippen molar-refractivity contribution in [3.8, 4) is 0 Å². The van der Waals surface area contributed by atoms with Crippen molar-refractivity contribution in [3.05, 3.63) is 95.8 Å². The predicted molar refractivity (Wildman–Crippen MR) is 138 cm³/mol. The van der Waals surface area contributed by atoms with Crippen LogP contribution in [-0.4, -0.2) is 52.4 Å². The Morgan fingerprint density at radius 1 is 1.06 bits per heavy atom. The van der Waals surface area contributed by atoms with E-state index in [9.17, 15) is 23.1 Å².